The van der Waals surface area contributed by atoms with Crippen molar-refractivity contribution >= 4 is 33.6 Å². The maximum atomic E-state index is 12.5. The van der Waals surface area contributed by atoms with Crippen molar-refractivity contribution in [3.8, 4) is 0 Å². The SMILES string of the molecule is CC1CC(NC(=O)C(C)(C)Sc2ccc(Br)cc2)CCN1. The molecule has 21 heavy (non-hydrogen) atoms. The molecular formula is C16H23BrN2OS. The molecule has 1 amide bonds. The van der Waals surface area contributed by atoms with Crippen molar-refractivity contribution in [1.82, 2.24) is 10.6 Å². The first-order valence-electron chi connectivity index (χ1n) is 7.36. The molecule has 1 aromatic carbocycles. The van der Waals surface area contributed by atoms with Gasteiger partial charge in [-0.1, -0.05) is 15.9 Å². The summed E-state index contributed by atoms with van der Waals surface area (Å²) in [5.74, 6) is 0.120. The number of carbonyl (C=O) groups excluding carboxylic acids is 1. The van der Waals surface area contributed by atoms with Crippen LogP contribution >= 0.6 is 27.7 Å². The average molecular weight is 371 g/mol. The highest BCUT2D eigenvalue weighted by atomic mass is 79.9. The topological polar surface area (TPSA) is 41.1 Å². The Hall–Kier alpha value is -0.520. The van der Waals surface area contributed by atoms with Gasteiger partial charge in [0.15, 0.2) is 0 Å². The maximum absolute atomic E-state index is 12.5. The van der Waals surface area contributed by atoms with Crippen LogP contribution in [-0.4, -0.2) is 29.3 Å². The lowest BCUT2D eigenvalue weighted by Crippen LogP contribution is -2.50. The van der Waals surface area contributed by atoms with Gasteiger partial charge < -0.3 is 10.6 Å². The zero-order valence-corrected chi connectivity index (χ0v) is 15.2. The van der Waals surface area contributed by atoms with Crippen LogP contribution in [0.1, 0.15) is 33.6 Å². The van der Waals surface area contributed by atoms with Crippen molar-refractivity contribution in [1.29, 1.82) is 0 Å². The summed E-state index contributed by atoms with van der Waals surface area (Å²) in [7, 11) is 0. The van der Waals surface area contributed by atoms with Gasteiger partial charge in [0.1, 0.15) is 0 Å². The van der Waals surface area contributed by atoms with E-state index in [2.05, 4.69) is 33.5 Å². The van der Waals surface area contributed by atoms with E-state index in [1.54, 1.807) is 11.8 Å². The minimum Gasteiger partial charge on any atom is -0.352 e. The van der Waals surface area contributed by atoms with Crippen LogP contribution in [0.2, 0.25) is 0 Å². The van der Waals surface area contributed by atoms with Gasteiger partial charge in [0.2, 0.25) is 5.91 Å². The van der Waals surface area contributed by atoms with E-state index in [0.29, 0.717) is 12.1 Å². The van der Waals surface area contributed by atoms with Crippen molar-refractivity contribution in [2.45, 2.75) is 55.3 Å². The third-order valence-electron chi connectivity index (χ3n) is 3.69. The fourth-order valence-corrected chi connectivity index (χ4v) is 3.74. The number of benzene rings is 1. The third kappa shape index (κ3) is 5.01. The molecule has 1 saturated heterocycles. The maximum Gasteiger partial charge on any atom is 0.236 e. The second-order valence-electron chi connectivity index (χ2n) is 6.12. The minimum atomic E-state index is -0.470. The summed E-state index contributed by atoms with van der Waals surface area (Å²) in [4.78, 5) is 13.7. The summed E-state index contributed by atoms with van der Waals surface area (Å²) in [6.45, 7) is 7.12. The van der Waals surface area contributed by atoms with E-state index < -0.39 is 4.75 Å². The molecule has 0 spiro atoms. The van der Waals surface area contributed by atoms with Gasteiger partial charge in [-0.3, -0.25) is 4.79 Å². The Bertz CT molecular complexity index is 490. The van der Waals surface area contributed by atoms with Crippen LogP contribution in [0.5, 0.6) is 0 Å². The highest BCUT2D eigenvalue weighted by Crippen LogP contribution is 2.33. The molecule has 0 aromatic heterocycles. The standard InChI is InChI=1S/C16H23BrN2OS/c1-11-10-13(8-9-18-11)19-15(20)16(2,3)21-14-6-4-12(17)5-7-14/h4-7,11,13,18H,8-10H2,1-3H3,(H,19,20). The Morgan fingerprint density at radius 2 is 2.05 bits per heavy atom. The second kappa shape index (κ2) is 7.16. The number of hydrogen-bond acceptors (Lipinski definition) is 3. The Kier molecular flexibility index (Phi) is 5.74. The van der Waals surface area contributed by atoms with Crippen LogP contribution in [0, 0.1) is 0 Å². The zero-order chi connectivity index (χ0) is 15.5. The summed E-state index contributed by atoms with van der Waals surface area (Å²) in [5.41, 5.74) is 0. The fraction of sp³-hybridized carbons (Fsp3) is 0.562. The molecule has 1 heterocycles. The molecule has 2 rings (SSSR count). The van der Waals surface area contributed by atoms with Gasteiger partial charge >= 0.3 is 0 Å². The van der Waals surface area contributed by atoms with E-state index in [1.807, 2.05) is 38.1 Å². The van der Waals surface area contributed by atoms with Crippen molar-refractivity contribution < 1.29 is 4.79 Å². The average Bonchev–Trinajstić information content (AvgIpc) is 2.41. The van der Waals surface area contributed by atoms with E-state index in [9.17, 15) is 4.79 Å². The number of halogens is 1. The van der Waals surface area contributed by atoms with Crippen molar-refractivity contribution in [3.05, 3.63) is 28.7 Å². The molecule has 2 unspecified atom stereocenters. The van der Waals surface area contributed by atoms with Gasteiger partial charge in [-0.15, -0.1) is 11.8 Å². The zero-order valence-electron chi connectivity index (χ0n) is 12.8. The van der Waals surface area contributed by atoms with Crippen LogP contribution in [0.25, 0.3) is 0 Å². The molecule has 1 aliphatic heterocycles. The van der Waals surface area contributed by atoms with E-state index in [1.165, 1.54) is 0 Å². The molecule has 1 aliphatic rings. The number of hydrogen-bond donors (Lipinski definition) is 2. The third-order valence-corrected chi connectivity index (χ3v) is 5.42. The summed E-state index contributed by atoms with van der Waals surface area (Å²) in [6, 6.07) is 8.85. The van der Waals surface area contributed by atoms with Gasteiger partial charge in [-0.05, 0) is 64.4 Å². The molecule has 116 valence electrons. The van der Waals surface area contributed by atoms with Crippen LogP contribution in [0.15, 0.2) is 33.6 Å². The molecule has 0 bridgehead atoms. The molecule has 3 nitrogen and oxygen atoms in total. The predicted octanol–water partition coefficient (Wildman–Crippen LogP) is 3.58. The van der Waals surface area contributed by atoms with Crippen molar-refractivity contribution in [3.63, 3.8) is 0 Å². The molecule has 2 N–H and O–H groups in total. The van der Waals surface area contributed by atoms with Crippen molar-refractivity contribution in [2.24, 2.45) is 0 Å². The first-order valence-corrected chi connectivity index (χ1v) is 8.97. The Morgan fingerprint density at radius 1 is 1.38 bits per heavy atom. The quantitative estimate of drug-likeness (QED) is 0.795. The predicted molar refractivity (Wildman–Crippen MR) is 92.7 cm³/mol. The second-order valence-corrected chi connectivity index (χ2v) is 8.73. The molecule has 0 aliphatic carbocycles. The lowest BCUT2D eigenvalue weighted by molar-refractivity contribution is -0.123. The summed E-state index contributed by atoms with van der Waals surface area (Å²) in [5, 5.41) is 6.62. The van der Waals surface area contributed by atoms with E-state index in [-0.39, 0.29) is 5.91 Å². The highest BCUT2D eigenvalue weighted by molar-refractivity contribution is 9.10. The van der Waals surface area contributed by atoms with Gasteiger partial charge in [-0.2, -0.15) is 0 Å². The summed E-state index contributed by atoms with van der Waals surface area (Å²) >= 11 is 5.03. The molecule has 1 fully saturated rings. The molecule has 5 heteroatoms. The number of rotatable bonds is 4. The lowest BCUT2D eigenvalue weighted by atomic mass is 10.00. The Morgan fingerprint density at radius 3 is 2.67 bits per heavy atom. The summed E-state index contributed by atoms with van der Waals surface area (Å²) < 4.78 is 0.583. The highest BCUT2D eigenvalue weighted by Gasteiger charge is 2.31. The van der Waals surface area contributed by atoms with Crippen LogP contribution < -0.4 is 10.6 Å². The van der Waals surface area contributed by atoms with Crippen LogP contribution in [0.3, 0.4) is 0 Å². The number of amides is 1. The largest absolute Gasteiger partial charge is 0.352 e. The lowest BCUT2D eigenvalue weighted by Gasteiger charge is -2.32. The first-order chi connectivity index (χ1) is 9.87. The van der Waals surface area contributed by atoms with E-state index in [0.717, 1.165) is 28.8 Å². The van der Waals surface area contributed by atoms with Gasteiger partial charge in [0, 0.05) is 21.5 Å². The van der Waals surface area contributed by atoms with Crippen molar-refractivity contribution in [2.75, 3.05) is 6.54 Å². The van der Waals surface area contributed by atoms with E-state index >= 15 is 0 Å². The summed E-state index contributed by atoms with van der Waals surface area (Å²) in [6.07, 6.45) is 2.01. The molecule has 2 atom stereocenters. The number of carbonyl (C=O) groups is 1. The Labute approximate surface area is 139 Å². The Balaban J connectivity index is 1.94. The monoisotopic (exact) mass is 370 g/mol. The fourth-order valence-electron chi connectivity index (χ4n) is 2.47. The van der Waals surface area contributed by atoms with Crippen LogP contribution in [0.4, 0.5) is 0 Å². The van der Waals surface area contributed by atoms with Gasteiger partial charge in [0.05, 0.1) is 4.75 Å². The molecular weight excluding hydrogens is 348 g/mol. The minimum absolute atomic E-state index is 0.120. The normalized spacial score (nSPS) is 22.9. The number of thioether (sulfide) groups is 1. The van der Waals surface area contributed by atoms with Crippen LogP contribution in [-0.2, 0) is 4.79 Å². The van der Waals surface area contributed by atoms with E-state index in [4.69, 9.17) is 0 Å². The molecule has 1 aromatic rings. The molecule has 0 radical (unpaired) electrons. The van der Waals surface area contributed by atoms with Gasteiger partial charge in [-0.25, -0.2) is 0 Å². The molecule has 0 saturated carbocycles. The first kappa shape index (κ1) is 16.8. The smallest absolute Gasteiger partial charge is 0.236 e. The van der Waals surface area contributed by atoms with Gasteiger partial charge in [0.25, 0.3) is 0 Å². The number of piperidine rings is 1. The number of nitrogens with one attached hydrogen (secondary N) is 2.